The number of nitrogens with one attached hydrogen (secondary N) is 1. The molecule has 1 N–H and O–H groups in total. The number of nitrogens with zero attached hydrogens (tertiary/aromatic N) is 2. The fraction of sp³-hybridized carbons (Fsp3) is 0.333. The molecule has 0 saturated carbocycles. The molecular weight excluding hydrogens is 238 g/mol. The third-order valence-electron chi connectivity index (χ3n) is 2.92. The second-order valence-electron chi connectivity index (χ2n) is 4.47. The van der Waals surface area contributed by atoms with E-state index < -0.39 is 0 Å². The van der Waals surface area contributed by atoms with Crippen LogP contribution in [0.3, 0.4) is 0 Å². The standard InChI is InChI=1S/C15H19N3O/c1-3-12(2)18-11-13-6-4-7-14(10-13)19-15-16-8-5-9-17-15/h4-10,12,18H,3,11H2,1-2H3/t12-/m0/s1. The Balaban J connectivity index is 1.99. The molecule has 1 aromatic carbocycles. The minimum atomic E-state index is 0.370. The minimum Gasteiger partial charge on any atom is -0.424 e. The molecule has 0 aliphatic carbocycles. The van der Waals surface area contributed by atoms with Crippen molar-refractivity contribution >= 4 is 0 Å². The predicted molar refractivity (Wildman–Crippen MR) is 75.1 cm³/mol. The molecule has 0 saturated heterocycles. The zero-order valence-corrected chi connectivity index (χ0v) is 11.3. The van der Waals surface area contributed by atoms with Gasteiger partial charge in [-0.05, 0) is 37.1 Å². The van der Waals surface area contributed by atoms with Crippen molar-refractivity contribution in [1.29, 1.82) is 0 Å². The van der Waals surface area contributed by atoms with Gasteiger partial charge >= 0.3 is 6.01 Å². The van der Waals surface area contributed by atoms with Gasteiger partial charge in [-0.25, -0.2) is 9.97 Å². The summed E-state index contributed by atoms with van der Waals surface area (Å²) in [4.78, 5) is 8.08. The Morgan fingerprint density at radius 3 is 2.74 bits per heavy atom. The average Bonchev–Trinajstić information content (AvgIpc) is 2.46. The summed E-state index contributed by atoms with van der Waals surface area (Å²) in [6, 6.07) is 10.6. The number of ether oxygens (including phenoxy) is 1. The van der Waals surface area contributed by atoms with E-state index in [0.717, 1.165) is 18.7 Å². The zero-order valence-electron chi connectivity index (χ0n) is 11.3. The second kappa shape index (κ2) is 6.85. The molecule has 0 fully saturated rings. The number of hydrogen-bond acceptors (Lipinski definition) is 4. The summed E-state index contributed by atoms with van der Waals surface area (Å²) in [6.07, 6.45) is 4.45. The van der Waals surface area contributed by atoms with Crippen LogP contribution in [0.5, 0.6) is 11.8 Å². The van der Waals surface area contributed by atoms with E-state index in [-0.39, 0.29) is 0 Å². The van der Waals surface area contributed by atoms with E-state index in [1.807, 2.05) is 18.2 Å². The Morgan fingerprint density at radius 2 is 2.00 bits per heavy atom. The van der Waals surface area contributed by atoms with Crippen LogP contribution in [0, 0.1) is 0 Å². The molecule has 1 heterocycles. The minimum absolute atomic E-state index is 0.370. The normalized spacial score (nSPS) is 12.1. The maximum absolute atomic E-state index is 5.60. The van der Waals surface area contributed by atoms with Gasteiger partial charge in [0.2, 0.25) is 0 Å². The molecule has 100 valence electrons. The summed E-state index contributed by atoms with van der Waals surface area (Å²) >= 11 is 0. The Kier molecular flexibility index (Phi) is 4.86. The topological polar surface area (TPSA) is 47.0 Å². The van der Waals surface area contributed by atoms with Crippen molar-refractivity contribution < 1.29 is 4.74 Å². The van der Waals surface area contributed by atoms with E-state index in [0.29, 0.717) is 12.1 Å². The zero-order chi connectivity index (χ0) is 13.5. The second-order valence-corrected chi connectivity index (χ2v) is 4.47. The largest absolute Gasteiger partial charge is 0.424 e. The van der Waals surface area contributed by atoms with Crippen LogP contribution in [0.2, 0.25) is 0 Å². The molecule has 4 heteroatoms. The highest BCUT2D eigenvalue weighted by Crippen LogP contribution is 2.18. The first-order valence-electron chi connectivity index (χ1n) is 6.55. The monoisotopic (exact) mass is 257 g/mol. The van der Waals surface area contributed by atoms with Crippen molar-refractivity contribution in [1.82, 2.24) is 15.3 Å². The van der Waals surface area contributed by atoms with Gasteiger partial charge in [0.05, 0.1) is 0 Å². The molecule has 1 aromatic heterocycles. The van der Waals surface area contributed by atoms with Gasteiger partial charge < -0.3 is 10.1 Å². The number of benzene rings is 1. The molecule has 2 aromatic rings. The summed E-state index contributed by atoms with van der Waals surface area (Å²) in [5.74, 6) is 0.759. The summed E-state index contributed by atoms with van der Waals surface area (Å²) in [7, 11) is 0. The van der Waals surface area contributed by atoms with Crippen molar-refractivity contribution in [3.8, 4) is 11.8 Å². The Labute approximate surface area is 113 Å². The highest BCUT2D eigenvalue weighted by Gasteiger charge is 2.02. The van der Waals surface area contributed by atoms with Crippen molar-refractivity contribution in [2.75, 3.05) is 0 Å². The number of rotatable bonds is 6. The van der Waals surface area contributed by atoms with Gasteiger partial charge in [0.1, 0.15) is 5.75 Å². The maximum atomic E-state index is 5.60. The third kappa shape index (κ3) is 4.34. The van der Waals surface area contributed by atoms with E-state index >= 15 is 0 Å². The molecule has 2 rings (SSSR count). The SMILES string of the molecule is CC[C@H](C)NCc1cccc(Oc2ncccn2)c1. The van der Waals surface area contributed by atoms with E-state index in [4.69, 9.17) is 4.74 Å². The quantitative estimate of drug-likeness (QED) is 0.863. The molecule has 0 unspecified atom stereocenters. The van der Waals surface area contributed by atoms with Gasteiger partial charge in [-0.1, -0.05) is 19.1 Å². The van der Waals surface area contributed by atoms with Crippen LogP contribution in [-0.4, -0.2) is 16.0 Å². The molecule has 19 heavy (non-hydrogen) atoms. The Morgan fingerprint density at radius 1 is 1.21 bits per heavy atom. The highest BCUT2D eigenvalue weighted by molar-refractivity contribution is 5.30. The first-order valence-corrected chi connectivity index (χ1v) is 6.55. The van der Waals surface area contributed by atoms with E-state index in [1.54, 1.807) is 18.5 Å². The molecule has 0 spiro atoms. The third-order valence-corrected chi connectivity index (χ3v) is 2.92. The maximum Gasteiger partial charge on any atom is 0.321 e. The van der Waals surface area contributed by atoms with Crippen LogP contribution in [0.25, 0.3) is 0 Å². The first kappa shape index (κ1) is 13.5. The number of hydrogen-bond donors (Lipinski definition) is 1. The molecule has 0 aliphatic rings. The van der Waals surface area contributed by atoms with Crippen LogP contribution in [0.4, 0.5) is 0 Å². The Bertz CT molecular complexity index is 502. The van der Waals surface area contributed by atoms with Gasteiger partial charge in [-0.2, -0.15) is 0 Å². The van der Waals surface area contributed by atoms with Gasteiger partial charge in [-0.15, -0.1) is 0 Å². The average molecular weight is 257 g/mol. The molecule has 0 aliphatic heterocycles. The van der Waals surface area contributed by atoms with Crippen LogP contribution in [0.1, 0.15) is 25.8 Å². The van der Waals surface area contributed by atoms with Crippen LogP contribution >= 0.6 is 0 Å². The van der Waals surface area contributed by atoms with E-state index in [1.165, 1.54) is 5.56 Å². The smallest absolute Gasteiger partial charge is 0.321 e. The summed E-state index contributed by atoms with van der Waals surface area (Å²) in [6.45, 7) is 5.18. The lowest BCUT2D eigenvalue weighted by atomic mass is 10.2. The molecule has 0 radical (unpaired) electrons. The fourth-order valence-electron chi connectivity index (χ4n) is 1.60. The highest BCUT2D eigenvalue weighted by atomic mass is 16.5. The summed E-state index contributed by atoms with van der Waals surface area (Å²) in [5.41, 5.74) is 1.19. The Hall–Kier alpha value is -1.94. The van der Waals surface area contributed by atoms with Crippen molar-refractivity contribution in [3.05, 3.63) is 48.3 Å². The number of aromatic nitrogens is 2. The lowest BCUT2D eigenvalue weighted by Crippen LogP contribution is -2.24. The van der Waals surface area contributed by atoms with Gasteiger partial charge in [0.25, 0.3) is 0 Å². The first-order chi connectivity index (χ1) is 9.28. The van der Waals surface area contributed by atoms with Gasteiger partial charge in [0.15, 0.2) is 0 Å². The van der Waals surface area contributed by atoms with Crippen molar-refractivity contribution in [2.24, 2.45) is 0 Å². The van der Waals surface area contributed by atoms with E-state index in [9.17, 15) is 0 Å². The van der Waals surface area contributed by atoms with Crippen LogP contribution < -0.4 is 10.1 Å². The van der Waals surface area contributed by atoms with Crippen molar-refractivity contribution in [3.63, 3.8) is 0 Å². The molecule has 0 bridgehead atoms. The molecule has 0 amide bonds. The lowest BCUT2D eigenvalue weighted by molar-refractivity contribution is 0.440. The van der Waals surface area contributed by atoms with Gasteiger partial charge in [-0.3, -0.25) is 0 Å². The van der Waals surface area contributed by atoms with Crippen molar-refractivity contribution in [2.45, 2.75) is 32.9 Å². The predicted octanol–water partition coefficient (Wildman–Crippen LogP) is 3.16. The summed E-state index contributed by atoms with van der Waals surface area (Å²) in [5, 5.41) is 3.45. The lowest BCUT2D eigenvalue weighted by Gasteiger charge is -2.11. The summed E-state index contributed by atoms with van der Waals surface area (Å²) < 4.78 is 5.60. The van der Waals surface area contributed by atoms with E-state index in [2.05, 4.69) is 35.2 Å². The van der Waals surface area contributed by atoms with Crippen LogP contribution in [-0.2, 0) is 6.54 Å². The molecule has 4 nitrogen and oxygen atoms in total. The fourth-order valence-corrected chi connectivity index (χ4v) is 1.60. The van der Waals surface area contributed by atoms with Crippen LogP contribution in [0.15, 0.2) is 42.7 Å². The molecule has 1 atom stereocenters. The van der Waals surface area contributed by atoms with Gasteiger partial charge in [0, 0.05) is 25.0 Å². The molecular formula is C15H19N3O.